The highest BCUT2D eigenvalue weighted by atomic mass is 16.5. The first-order valence-electron chi connectivity index (χ1n) is 10.4. The van der Waals surface area contributed by atoms with Gasteiger partial charge in [0.25, 0.3) is 5.91 Å². The van der Waals surface area contributed by atoms with Crippen LogP contribution in [0.1, 0.15) is 22.3 Å². The minimum Gasteiger partial charge on any atom is -0.483 e. The summed E-state index contributed by atoms with van der Waals surface area (Å²) in [5.74, 6) is 0.710. The maximum absolute atomic E-state index is 12.5. The van der Waals surface area contributed by atoms with Gasteiger partial charge in [-0.25, -0.2) is 0 Å². The highest BCUT2D eigenvalue weighted by molar-refractivity contribution is 5.93. The van der Waals surface area contributed by atoms with E-state index in [9.17, 15) is 9.59 Å². The Bertz CT molecular complexity index is 918. The van der Waals surface area contributed by atoms with E-state index in [0.717, 1.165) is 33.7 Å². The molecule has 1 N–H and O–H groups in total. The quantitative estimate of drug-likeness (QED) is 0.797. The smallest absolute Gasteiger partial charge is 0.260 e. The van der Waals surface area contributed by atoms with Crippen molar-refractivity contribution in [1.29, 1.82) is 0 Å². The van der Waals surface area contributed by atoms with Crippen LogP contribution in [-0.4, -0.2) is 60.9 Å². The molecule has 1 aliphatic heterocycles. The van der Waals surface area contributed by atoms with Gasteiger partial charge in [-0.2, -0.15) is 0 Å². The van der Waals surface area contributed by atoms with E-state index < -0.39 is 0 Å². The van der Waals surface area contributed by atoms with E-state index in [1.54, 1.807) is 0 Å². The first kappa shape index (κ1) is 21.8. The van der Waals surface area contributed by atoms with Crippen molar-refractivity contribution in [3.63, 3.8) is 0 Å². The van der Waals surface area contributed by atoms with Crippen LogP contribution in [0.15, 0.2) is 36.4 Å². The fraction of sp³-hybridized carbons (Fsp3) is 0.417. The molecule has 1 fully saturated rings. The molecule has 1 saturated heterocycles. The molecule has 0 saturated carbocycles. The molecule has 160 valence electrons. The number of carbonyl (C=O) groups is 2. The van der Waals surface area contributed by atoms with Gasteiger partial charge < -0.3 is 15.0 Å². The van der Waals surface area contributed by atoms with Crippen LogP contribution in [-0.2, 0) is 9.59 Å². The molecule has 1 heterocycles. The van der Waals surface area contributed by atoms with E-state index in [0.29, 0.717) is 32.7 Å². The molecule has 2 aromatic carbocycles. The molecule has 30 heavy (non-hydrogen) atoms. The number of hydrogen-bond acceptors (Lipinski definition) is 4. The van der Waals surface area contributed by atoms with E-state index in [4.69, 9.17) is 4.74 Å². The SMILES string of the molecule is Cc1ccc(C)c(OCC(=O)N2CCN(CC(=O)Nc3cccc(C)c3C)CC2)c1. The number of benzene rings is 2. The molecular formula is C24H31N3O3. The molecule has 0 atom stereocenters. The Morgan fingerprint density at radius 3 is 2.43 bits per heavy atom. The molecule has 0 radical (unpaired) electrons. The van der Waals surface area contributed by atoms with Gasteiger partial charge in [-0.3, -0.25) is 14.5 Å². The van der Waals surface area contributed by atoms with Crippen LogP contribution >= 0.6 is 0 Å². The van der Waals surface area contributed by atoms with Gasteiger partial charge in [0, 0.05) is 31.9 Å². The van der Waals surface area contributed by atoms with Crippen molar-refractivity contribution < 1.29 is 14.3 Å². The van der Waals surface area contributed by atoms with Crippen LogP contribution in [0.2, 0.25) is 0 Å². The van der Waals surface area contributed by atoms with Gasteiger partial charge in [0.05, 0.1) is 6.54 Å². The summed E-state index contributed by atoms with van der Waals surface area (Å²) in [7, 11) is 0. The maximum Gasteiger partial charge on any atom is 0.260 e. The van der Waals surface area contributed by atoms with Crippen LogP contribution in [0.5, 0.6) is 5.75 Å². The standard InChI is InChI=1S/C24H31N3O3/c1-17-8-9-19(3)22(14-17)30-16-24(29)27-12-10-26(11-13-27)15-23(28)25-21-7-5-6-18(2)20(21)4/h5-9,14H,10-13,15-16H2,1-4H3,(H,25,28). The third-order valence-electron chi connectivity index (χ3n) is 5.67. The normalized spacial score (nSPS) is 14.5. The minimum absolute atomic E-state index is 0.0182. The van der Waals surface area contributed by atoms with Crippen LogP contribution < -0.4 is 10.1 Å². The molecule has 6 heteroatoms. The van der Waals surface area contributed by atoms with E-state index in [1.165, 1.54) is 0 Å². The largest absolute Gasteiger partial charge is 0.483 e. The van der Waals surface area contributed by atoms with Gasteiger partial charge in [0.2, 0.25) is 5.91 Å². The zero-order chi connectivity index (χ0) is 21.7. The molecule has 2 aromatic rings. The predicted molar refractivity (Wildman–Crippen MR) is 119 cm³/mol. The Morgan fingerprint density at radius 1 is 0.967 bits per heavy atom. The molecular weight excluding hydrogens is 378 g/mol. The third kappa shape index (κ3) is 5.60. The second kappa shape index (κ2) is 9.76. The third-order valence-corrected chi connectivity index (χ3v) is 5.67. The zero-order valence-corrected chi connectivity index (χ0v) is 18.3. The average Bonchev–Trinajstić information content (AvgIpc) is 2.72. The number of carbonyl (C=O) groups excluding carboxylic acids is 2. The molecule has 3 rings (SSSR count). The number of aryl methyl sites for hydroxylation is 3. The molecule has 6 nitrogen and oxygen atoms in total. The van der Waals surface area contributed by atoms with Crippen LogP contribution in [0.25, 0.3) is 0 Å². The van der Waals surface area contributed by atoms with Crippen molar-refractivity contribution in [2.45, 2.75) is 27.7 Å². The van der Waals surface area contributed by atoms with Crippen molar-refractivity contribution in [2.24, 2.45) is 0 Å². The lowest BCUT2D eigenvalue weighted by molar-refractivity contribution is -0.135. The summed E-state index contributed by atoms with van der Waals surface area (Å²) in [5.41, 5.74) is 5.23. The molecule has 1 aliphatic rings. The van der Waals surface area contributed by atoms with Gasteiger partial charge in [0.1, 0.15) is 5.75 Å². The summed E-state index contributed by atoms with van der Waals surface area (Å²) < 4.78 is 5.74. The van der Waals surface area contributed by atoms with Crippen LogP contribution in [0.3, 0.4) is 0 Å². The number of hydrogen-bond donors (Lipinski definition) is 1. The van der Waals surface area contributed by atoms with Crippen molar-refractivity contribution in [3.8, 4) is 5.75 Å². The second-order valence-corrected chi connectivity index (χ2v) is 8.01. The molecule has 0 aromatic heterocycles. The fourth-order valence-electron chi connectivity index (χ4n) is 3.53. The number of piperazine rings is 1. The van der Waals surface area contributed by atoms with Crippen molar-refractivity contribution in [3.05, 3.63) is 58.7 Å². The summed E-state index contributed by atoms with van der Waals surface area (Å²) in [4.78, 5) is 28.8. The highest BCUT2D eigenvalue weighted by Crippen LogP contribution is 2.20. The topological polar surface area (TPSA) is 61.9 Å². The number of nitrogens with one attached hydrogen (secondary N) is 1. The Morgan fingerprint density at radius 2 is 1.70 bits per heavy atom. The molecule has 2 amide bonds. The first-order valence-corrected chi connectivity index (χ1v) is 10.4. The summed E-state index contributed by atoms with van der Waals surface area (Å²) in [6.45, 7) is 10.9. The minimum atomic E-state index is -0.0262. The lowest BCUT2D eigenvalue weighted by atomic mass is 10.1. The van der Waals surface area contributed by atoms with Gasteiger partial charge >= 0.3 is 0 Å². The summed E-state index contributed by atoms with van der Waals surface area (Å²) in [5, 5.41) is 3.00. The molecule has 0 bridgehead atoms. The average molecular weight is 410 g/mol. The Labute approximate surface area is 178 Å². The van der Waals surface area contributed by atoms with E-state index >= 15 is 0 Å². The highest BCUT2D eigenvalue weighted by Gasteiger charge is 2.23. The second-order valence-electron chi connectivity index (χ2n) is 8.01. The Kier molecular flexibility index (Phi) is 7.11. The lowest BCUT2D eigenvalue weighted by Crippen LogP contribution is -2.51. The van der Waals surface area contributed by atoms with Gasteiger partial charge in [-0.05, 0) is 62.1 Å². The lowest BCUT2D eigenvalue weighted by Gasteiger charge is -2.34. The van der Waals surface area contributed by atoms with Crippen molar-refractivity contribution in [1.82, 2.24) is 9.80 Å². The number of amides is 2. The molecule has 0 unspecified atom stereocenters. The number of ether oxygens (including phenoxy) is 1. The summed E-state index contributed by atoms with van der Waals surface area (Å²) >= 11 is 0. The monoisotopic (exact) mass is 409 g/mol. The van der Waals surface area contributed by atoms with Crippen molar-refractivity contribution >= 4 is 17.5 Å². The first-order chi connectivity index (χ1) is 14.3. The van der Waals surface area contributed by atoms with Gasteiger partial charge in [-0.15, -0.1) is 0 Å². The Balaban J connectivity index is 1.44. The molecule has 0 spiro atoms. The van der Waals surface area contributed by atoms with E-state index in [1.807, 2.05) is 69.0 Å². The Hall–Kier alpha value is -2.86. The number of rotatable bonds is 6. The molecule has 0 aliphatic carbocycles. The van der Waals surface area contributed by atoms with Gasteiger partial charge in [-0.1, -0.05) is 24.3 Å². The summed E-state index contributed by atoms with van der Waals surface area (Å²) in [6.07, 6.45) is 0. The van der Waals surface area contributed by atoms with E-state index in [2.05, 4.69) is 10.2 Å². The van der Waals surface area contributed by atoms with Crippen LogP contribution in [0, 0.1) is 27.7 Å². The predicted octanol–water partition coefficient (Wildman–Crippen LogP) is 3.08. The zero-order valence-electron chi connectivity index (χ0n) is 18.3. The number of anilines is 1. The maximum atomic E-state index is 12.5. The van der Waals surface area contributed by atoms with Crippen LogP contribution in [0.4, 0.5) is 5.69 Å². The fourth-order valence-corrected chi connectivity index (χ4v) is 3.53. The van der Waals surface area contributed by atoms with E-state index in [-0.39, 0.29) is 18.4 Å². The number of nitrogens with zero attached hydrogens (tertiary/aromatic N) is 2. The summed E-state index contributed by atoms with van der Waals surface area (Å²) in [6, 6.07) is 11.9. The van der Waals surface area contributed by atoms with Crippen molar-refractivity contribution in [2.75, 3.05) is 44.6 Å². The van der Waals surface area contributed by atoms with Gasteiger partial charge in [0.15, 0.2) is 6.61 Å².